The molecule has 0 aliphatic heterocycles. The number of primary amides is 2. The van der Waals surface area contributed by atoms with Gasteiger partial charge in [-0.05, 0) is 62.5 Å². The quantitative estimate of drug-likeness (QED) is 0.223. The SMILES string of the molecule is NC(=O)c1c(NC(=O)C(F)(F)C(F)(F)C(F)(F)C(F)(F)C(=O)Nc2sc3c(c2C(N)=O)CCCCCC3)sc2c1CCCCCC2. The van der Waals surface area contributed by atoms with Gasteiger partial charge in [-0.2, -0.15) is 35.1 Å². The van der Waals surface area contributed by atoms with Crippen molar-refractivity contribution >= 4 is 56.3 Å². The zero-order chi connectivity index (χ0) is 34.2. The normalized spacial score (nSPS) is 16.6. The largest absolute Gasteiger partial charge is 0.393 e. The minimum absolute atomic E-state index is 0.233. The van der Waals surface area contributed by atoms with Gasteiger partial charge in [0.2, 0.25) is 0 Å². The highest BCUT2D eigenvalue weighted by Gasteiger charge is 2.84. The number of hydrogen-bond donors (Lipinski definition) is 4. The van der Waals surface area contributed by atoms with Crippen LogP contribution in [0, 0.1) is 0 Å². The standard InChI is InChI=1S/C28H30F8N4O4S2/c29-25(30,23(43)39-21-17(19(37)41)13-9-5-1-3-7-11-15(13)45-21)27(33,34)28(35,36)26(31,32)24(44)40-22-18(20(38)42)14-10-6-2-4-8-12-16(14)46-22/h1-12H2,(H2,37,41)(H2,38,42)(H,39,43)(H,40,44). The number of fused-ring (bicyclic) bond motifs is 2. The van der Waals surface area contributed by atoms with Crippen LogP contribution in [0.4, 0.5) is 45.1 Å². The molecule has 0 bridgehead atoms. The Hall–Kier alpha value is -3.28. The Balaban J connectivity index is 1.62. The molecule has 6 N–H and O–H groups in total. The van der Waals surface area contributed by atoms with Crippen LogP contribution in [0.5, 0.6) is 0 Å². The molecule has 0 spiro atoms. The number of anilines is 2. The van der Waals surface area contributed by atoms with Crippen LogP contribution in [0.2, 0.25) is 0 Å². The predicted octanol–water partition coefficient (Wildman–Crippen LogP) is 6.44. The van der Waals surface area contributed by atoms with Crippen molar-refractivity contribution in [1.29, 1.82) is 0 Å². The fourth-order valence-electron chi connectivity index (χ4n) is 5.58. The summed E-state index contributed by atoms with van der Waals surface area (Å²) in [5, 5.41) is 1.17. The third-order valence-corrected chi connectivity index (χ3v) is 10.5. The fourth-order valence-corrected chi connectivity index (χ4v) is 8.16. The van der Waals surface area contributed by atoms with Gasteiger partial charge in [-0.15, -0.1) is 22.7 Å². The number of thiophene rings is 2. The first kappa shape index (κ1) is 35.6. The molecule has 0 radical (unpaired) electrons. The summed E-state index contributed by atoms with van der Waals surface area (Å²) in [6.45, 7) is 0. The summed E-state index contributed by atoms with van der Waals surface area (Å²) in [7, 11) is 0. The van der Waals surface area contributed by atoms with Crippen LogP contribution in [0.3, 0.4) is 0 Å². The van der Waals surface area contributed by atoms with Gasteiger partial charge in [-0.1, -0.05) is 25.7 Å². The van der Waals surface area contributed by atoms with E-state index in [2.05, 4.69) is 0 Å². The second-order valence-corrected chi connectivity index (χ2v) is 13.4. The molecule has 0 saturated heterocycles. The van der Waals surface area contributed by atoms with Gasteiger partial charge in [0.25, 0.3) is 11.8 Å². The molecule has 0 aromatic carbocycles. The zero-order valence-electron chi connectivity index (χ0n) is 24.1. The van der Waals surface area contributed by atoms with Crippen LogP contribution in [0.25, 0.3) is 0 Å². The van der Waals surface area contributed by atoms with E-state index in [0.717, 1.165) is 25.7 Å². The Morgan fingerprint density at radius 2 is 0.826 bits per heavy atom. The molecule has 254 valence electrons. The molecule has 2 aliphatic rings. The minimum Gasteiger partial charge on any atom is -0.365 e. The average molecular weight is 703 g/mol. The van der Waals surface area contributed by atoms with Crippen molar-refractivity contribution in [2.24, 2.45) is 11.5 Å². The van der Waals surface area contributed by atoms with E-state index in [0.29, 0.717) is 71.0 Å². The van der Waals surface area contributed by atoms with Crippen LogP contribution >= 0.6 is 22.7 Å². The molecule has 18 heteroatoms. The number of nitrogens with two attached hydrogens (primary N) is 2. The average Bonchev–Trinajstić information content (AvgIpc) is 3.44. The Kier molecular flexibility index (Phi) is 10.1. The molecular weight excluding hydrogens is 672 g/mol. The van der Waals surface area contributed by atoms with Crippen LogP contribution in [-0.2, 0) is 35.3 Å². The summed E-state index contributed by atoms with van der Waals surface area (Å²) >= 11 is 1.11. The number of carbonyl (C=O) groups excluding carboxylic acids is 4. The maximum Gasteiger partial charge on any atom is 0.393 e. The Bertz CT molecular complexity index is 1430. The van der Waals surface area contributed by atoms with Gasteiger partial charge in [0.1, 0.15) is 10.0 Å². The van der Waals surface area contributed by atoms with Crippen molar-refractivity contribution in [3.05, 3.63) is 32.0 Å². The van der Waals surface area contributed by atoms with Crippen LogP contribution in [-0.4, -0.2) is 47.3 Å². The second kappa shape index (κ2) is 13.1. The van der Waals surface area contributed by atoms with Crippen molar-refractivity contribution < 1.29 is 54.3 Å². The minimum atomic E-state index is -7.15. The maximum absolute atomic E-state index is 14.9. The van der Waals surface area contributed by atoms with Gasteiger partial charge >= 0.3 is 35.5 Å². The van der Waals surface area contributed by atoms with E-state index in [-0.39, 0.29) is 24.0 Å². The van der Waals surface area contributed by atoms with Crippen molar-refractivity contribution in [2.75, 3.05) is 10.6 Å². The number of amides is 4. The predicted molar refractivity (Wildman–Crippen MR) is 154 cm³/mol. The number of carbonyl (C=O) groups is 4. The van der Waals surface area contributed by atoms with Gasteiger partial charge < -0.3 is 22.1 Å². The first-order valence-corrected chi connectivity index (χ1v) is 16.0. The molecule has 0 atom stereocenters. The molecule has 0 fully saturated rings. The van der Waals surface area contributed by atoms with Gasteiger partial charge in [0.05, 0.1) is 11.1 Å². The first-order chi connectivity index (χ1) is 21.4. The van der Waals surface area contributed by atoms with E-state index in [1.165, 1.54) is 10.6 Å². The summed E-state index contributed by atoms with van der Waals surface area (Å²) in [6.07, 6.45) is 6.47. The van der Waals surface area contributed by atoms with Gasteiger partial charge in [0, 0.05) is 9.75 Å². The molecule has 8 nitrogen and oxygen atoms in total. The Morgan fingerprint density at radius 1 is 0.522 bits per heavy atom. The summed E-state index contributed by atoms with van der Waals surface area (Å²) < 4.78 is 119. The van der Waals surface area contributed by atoms with E-state index in [4.69, 9.17) is 11.5 Å². The summed E-state index contributed by atoms with van der Waals surface area (Å²) in [5.74, 6) is -36.1. The smallest absolute Gasteiger partial charge is 0.365 e. The maximum atomic E-state index is 14.9. The number of alkyl halides is 8. The lowest BCUT2D eigenvalue weighted by Gasteiger charge is -2.35. The summed E-state index contributed by atoms with van der Waals surface area (Å²) in [4.78, 5) is 49.9. The van der Waals surface area contributed by atoms with Crippen molar-refractivity contribution in [3.63, 3.8) is 0 Å². The van der Waals surface area contributed by atoms with E-state index >= 15 is 0 Å². The number of aryl methyl sites for hydroxylation is 2. The van der Waals surface area contributed by atoms with Crippen molar-refractivity contribution in [2.45, 2.75) is 101 Å². The number of nitrogens with one attached hydrogen (secondary N) is 2. The highest BCUT2D eigenvalue weighted by atomic mass is 32.1. The zero-order valence-corrected chi connectivity index (χ0v) is 25.7. The van der Waals surface area contributed by atoms with Crippen LogP contribution in [0.15, 0.2) is 0 Å². The molecule has 4 amide bonds. The Morgan fingerprint density at radius 3 is 1.13 bits per heavy atom. The van der Waals surface area contributed by atoms with Crippen molar-refractivity contribution in [1.82, 2.24) is 0 Å². The topological polar surface area (TPSA) is 144 Å². The lowest BCUT2D eigenvalue weighted by molar-refractivity contribution is -0.345. The molecule has 2 aromatic rings. The van der Waals surface area contributed by atoms with E-state index < -0.39 is 68.4 Å². The van der Waals surface area contributed by atoms with E-state index in [1.54, 1.807) is 0 Å². The monoisotopic (exact) mass is 702 g/mol. The fraction of sp³-hybridized carbons (Fsp3) is 0.571. The molecular formula is C28H30F8N4O4S2. The molecule has 0 saturated carbocycles. The van der Waals surface area contributed by atoms with Gasteiger partial charge in [-0.25, -0.2) is 0 Å². The van der Waals surface area contributed by atoms with Crippen LogP contribution < -0.4 is 22.1 Å². The third kappa shape index (κ3) is 6.21. The third-order valence-electron chi connectivity index (χ3n) is 8.04. The Labute approximate surface area is 265 Å². The molecule has 2 aliphatic carbocycles. The highest BCUT2D eigenvalue weighted by molar-refractivity contribution is 7.17. The lowest BCUT2D eigenvalue weighted by Crippen LogP contribution is -2.67. The van der Waals surface area contributed by atoms with Crippen molar-refractivity contribution in [3.8, 4) is 0 Å². The van der Waals surface area contributed by atoms with E-state index in [1.807, 2.05) is 0 Å². The number of halogens is 8. The van der Waals surface area contributed by atoms with Gasteiger partial charge in [0.15, 0.2) is 0 Å². The van der Waals surface area contributed by atoms with Gasteiger partial charge in [-0.3, -0.25) is 19.2 Å². The number of hydrogen-bond acceptors (Lipinski definition) is 6. The molecule has 4 rings (SSSR count). The molecule has 0 unspecified atom stereocenters. The second-order valence-electron chi connectivity index (χ2n) is 11.2. The number of rotatable bonds is 9. The molecule has 2 heterocycles. The highest BCUT2D eigenvalue weighted by Crippen LogP contribution is 2.54. The van der Waals surface area contributed by atoms with E-state index in [9.17, 15) is 54.3 Å². The molecule has 2 aromatic heterocycles. The lowest BCUT2D eigenvalue weighted by atomic mass is 9.95. The first-order valence-electron chi connectivity index (χ1n) is 14.4. The molecule has 46 heavy (non-hydrogen) atoms. The summed E-state index contributed by atoms with van der Waals surface area (Å²) in [6, 6.07) is 0. The summed E-state index contributed by atoms with van der Waals surface area (Å²) in [5.41, 5.74) is 10.3. The van der Waals surface area contributed by atoms with Crippen LogP contribution in [0.1, 0.15) is 93.0 Å².